The number of hydrogen-bond acceptors (Lipinski definition) is 5. The summed E-state index contributed by atoms with van der Waals surface area (Å²) in [6, 6.07) is 9.23. The predicted molar refractivity (Wildman–Crippen MR) is 66.9 cm³/mol. The van der Waals surface area contributed by atoms with Crippen molar-refractivity contribution in [3.05, 3.63) is 42.9 Å². The maximum absolute atomic E-state index is 5.75. The normalized spacial score (nSPS) is 9.88. The minimum Gasteiger partial charge on any atom is -0.490 e. The Labute approximate surface area is 99.7 Å². The first-order valence-electron chi connectivity index (χ1n) is 5.33. The quantitative estimate of drug-likeness (QED) is 0.602. The molecule has 0 aliphatic carbocycles. The lowest BCUT2D eigenvalue weighted by Gasteiger charge is -2.09. The topological polar surface area (TPSA) is 73.1 Å². The maximum Gasteiger partial charge on any atom is 0.142 e. The molecule has 0 atom stereocenters. The standard InChI is InChI=1S/C12H14N4O/c13-10-3-1-2-4-11(10)17-8-7-15-12-5-6-14-9-16-12/h1-6,9H,7-8,13H2,(H,14,15,16). The molecule has 1 aromatic heterocycles. The van der Waals surface area contributed by atoms with Gasteiger partial charge in [-0.3, -0.25) is 0 Å². The second-order valence-corrected chi connectivity index (χ2v) is 3.41. The van der Waals surface area contributed by atoms with Crippen molar-refractivity contribution in [2.45, 2.75) is 0 Å². The van der Waals surface area contributed by atoms with Crippen LogP contribution in [0.25, 0.3) is 0 Å². The van der Waals surface area contributed by atoms with Gasteiger partial charge in [-0.1, -0.05) is 12.1 Å². The van der Waals surface area contributed by atoms with Crippen LogP contribution in [0.4, 0.5) is 11.5 Å². The molecule has 0 saturated heterocycles. The van der Waals surface area contributed by atoms with Crippen LogP contribution in [-0.2, 0) is 0 Å². The smallest absolute Gasteiger partial charge is 0.142 e. The van der Waals surface area contributed by atoms with E-state index in [-0.39, 0.29) is 0 Å². The molecule has 2 aromatic rings. The van der Waals surface area contributed by atoms with Crippen molar-refractivity contribution < 1.29 is 4.74 Å². The zero-order chi connectivity index (χ0) is 11.9. The van der Waals surface area contributed by atoms with Gasteiger partial charge in [-0.15, -0.1) is 0 Å². The van der Waals surface area contributed by atoms with Gasteiger partial charge >= 0.3 is 0 Å². The van der Waals surface area contributed by atoms with Crippen LogP contribution in [0.2, 0.25) is 0 Å². The zero-order valence-electron chi connectivity index (χ0n) is 9.34. The van der Waals surface area contributed by atoms with Gasteiger partial charge in [-0.2, -0.15) is 0 Å². The Morgan fingerprint density at radius 1 is 1.24 bits per heavy atom. The molecule has 2 rings (SSSR count). The van der Waals surface area contributed by atoms with E-state index < -0.39 is 0 Å². The van der Waals surface area contributed by atoms with Crippen molar-refractivity contribution in [1.29, 1.82) is 0 Å². The summed E-state index contributed by atoms with van der Waals surface area (Å²) < 4.78 is 5.53. The number of benzene rings is 1. The Balaban J connectivity index is 1.76. The third-order valence-corrected chi connectivity index (χ3v) is 2.17. The fraction of sp³-hybridized carbons (Fsp3) is 0.167. The van der Waals surface area contributed by atoms with E-state index in [1.807, 2.05) is 24.3 Å². The van der Waals surface area contributed by atoms with E-state index in [0.29, 0.717) is 24.6 Å². The number of para-hydroxylation sites is 2. The van der Waals surface area contributed by atoms with E-state index in [2.05, 4.69) is 15.3 Å². The van der Waals surface area contributed by atoms with Crippen molar-refractivity contribution in [2.24, 2.45) is 0 Å². The number of nitrogens with two attached hydrogens (primary N) is 1. The number of anilines is 2. The van der Waals surface area contributed by atoms with E-state index >= 15 is 0 Å². The van der Waals surface area contributed by atoms with E-state index in [0.717, 1.165) is 5.82 Å². The summed E-state index contributed by atoms with van der Waals surface area (Å²) in [7, 11) is 0. The number of rotatable bonds is 5. The molecule has 1 aromatic carbocycles. The number of ether oxygens (including phenoxy) is 1. The van der Waals surface area contributed by atoms with Crippen LogP contribution in [0.3, 0.4) is 0 Å². The summed E-state index contributed by atoms with van der Waals surface area (Å²) in [6.07, 6.45) is 3.18. The summed E-state index contributed by atoms with van der Waals surface area (Å²) in [6.45, 7) is 1.18. The highest BCUT2D eigenvalue weighted by Crippen LogP contribution is 2.19. The number of nitrogens with one attached hydrogen (secondary N) is 1. The Kier molecular flexibility index (Phi) is 3.75. The molecule has 0 aliphatic rings. The lowest BCUT2D eigenvalue weighted by Crippen LogP contribution is -2.12. The van der Waals surface area contributed by atoms with E-state index in [1.165, 1.54) is 6.33 Å². The van der Waals surface area contributed by atoms with Gasteiger partial charge in [0.15, 0.2) is 0 Å². The van der Waals surface area contributed by atoms with E-state index in [9.17, 15) is 0 Å². The minimum atomic E-state index is 0.526. The molecule has 5 nitrogen and oxygen atoms in total. The third kappa shape index (κ3) is 3.34. The molecule has 0 aliphatic heterocycles. The predicted octanol–water partition coefficient (Wildman–Crippen LogP) is 1.55. The molecular formula is C12H14N4O. The molecule has 0 fully saturated rings. The number of nitrogens with zero attached hydrogens (tertiary/aromatic N) is 2. The molecule has 1 heterocycles. The second-order valence-electron chi connectivity index (χ2n) is 3.41. The summed E-state index contributed by atoms with van der Waals surface area (Å²) in [5, 5.41) is 3.12. The highest BCUT2D eigenvalue weighted by Gasteiger charge is 1.97. The van der Waals surface area contributed by atoms with Crippen molar-refractivity contribution >= 4 is 11.5 Å². The molecule has 17 heavy (non-hydrogen) atoms. The van der Waals surface area contributed by atoms with Crippen molar-refractivity contribution in [3.8, 4) is 5.75 Å². The van der Waals surface area contributed by atoms with Crippen LogP contribution >= 0.6 is 0 Å². The zero-order valence-corrected chi connectivity index (χ0v) is 9.34. The Hall–Kier alpha value is -2.30. The Morgan fingerprint density at radius 3 is 2.88 bits per heavy atom. The van der Waals surface area contributed by atoms with Gasteiger partial charge in [-0.25, -0.2) is 9.97 Å². The van der Waals surface area contributed by atoms with Crippen molar-refractivity contribution in [2.75, 3.05) is 24.2 Å². The molecule has 0 saturated carbocycles. The Bertz CT molecular complexity index is 461. The summed E-state index contributed by atoms with van der Waals surface area (Å²) in [4.78, 5) is 7.87. The maximum atomic E-state index is 5.75. The van der Waals surface area contributed by atoms with Crippen LogP contribution in [0.1, 0.15) is 0 Å². The van der Waals surface area contributed by atoms with Crippen LogP contribution in [0, 0.1) is 0 Å². The van der Waals surface area contributed by atoms with E-state index in [1.54, 1.807) is 12.3 Å². The van der Waals surface area contributed by atoms with Crippen molar-refractivity contribution in [3.63, 3.8) is 0 Å². The molecule has 5 heteroatoms. The van der Waals surface area contributed by atoms with Crippen LogP contribution in [0.15, 0.2) is 42.9 Å². The molecule has 88 valence electrons. The van der Waals surface area contributed by atoms with Gasteiger partial charge in [-0.05, 0) is 18.2 Å². The van der Waals surface area contributed by atoms with Crippen LogP contribution in [0.5, 0.6) is 5.75 Å². The number of nitrogen functional groups attached to an aromatic ring is 1. The fourth-order valence-electron chi connectivity index (χ4n) is 1.35. The van der Waals surface area contributed by atoms with Gasteiger partial charge in [0.2, 0.25) is 0 Å². The van der Waals surface area contributed by atoms with Gasteiger partial charge in [0.05, 0.1) is 12.2 Å². The SMILES string of the molecule is Nc1ccccc1OCCNc1ccncn1. The van der Waals surface area contributed by atoms with Gasteiger partial charge in [0.1, 0.15) is 24.5 Å². The Morgan fingerprint density at radius 2 is 2.12 bits per heavy atom. The minimum absolute atomic E-state index is 0.526. The van der Waals surface area contributed by atoms with Gasteiger partial charge in [0, 0.05) is 6.20 Å². The first-order chi connectivity index (χ1) is 8.36. The molecule has 0 bridgehead atoms. The lowest BCUT2D eigenvalue weighted by molar-refractivity contribution is 0.334. The third-order valence-electron chi connectivity index (χ3n) is 2.17. The summed E-state index contributed by atoms with van der Waals surface area (Å²) >= 11 is 0. The molecular weight excluding hydrogens is 216 g/mol. The average molecular weight is 230 g/mol. The molecule has 0 spiro atoms. The lowest BCUT2D eigenvalue weighted by atomic mass is 10.3. The molecule has 0 amide bonds. The van der Waals surface area contributed by atoms with Crippen molar-refractivity contribution in [1.82, 2.24) is 9.97 Å². The van der Waals surface area contributed by atoms with E-state index in [4.69, 9.17) is 10.5 Å². The van der Waals surface area contributed by atoms with Gasteiger partial charge in [0.25, 0.3) is 0 Å². The first-order valence-corrected chi connectivity index (χ1v) is 5.33. The monoisotopic (exact) mass is 230 g/mol. The molecule has 0 radical (unpaired) electrons. The van der Waals surface area contributed by atoms with Crippen LogP contribution in [-0.4, -0.2) is 23.1 Å². The van der Waals surface area contributed by atoms with Crippen LogP contribution < -0.4 is 15.8 Å². The summed E-state index contributed by atoms with van der Waals surface area (Å²) in [5.74, 6) is 1.49. The highest BCUT2D eigenvalue weighted by atomic mass is 16.5. The largest absolute Gasteiger partial charge is 0.490 e. The highest BCUT2D eigenvalue weighted by molar-refractivity contribution is 5.51. The first kappa shape index (κ1) is 11.2. The average Bonchev–Trinajstić information content (AvgIpc) is 2.38. The number of hydrogen-bond donors (Lipinski definition) is 2. The summed E-state index contributed by atoms with van der Waals surface area (Å²) in [5.41, 5.74) is 6.40. The molecule has 3 N–H and O–H groups in total. The number of aromatic nitrogens is 2. The fourth-order valence-corrected chi connectivity index (χ4v) is 1.35. The van der Waals surface area contributed by atoms with Gasteiger partial charge < -0.3 is 15.8 Å². The second kappa shape index (κ2) is 5.69. The molecule has 0 unspecified atom stereocenters.